The van der Waals surface area contributed by atoms with Gasteiger partial charge in [-0.05, 0) is 43.5 Å². The van der Waals surface area contributed by atoms with E-state index in [9.17, 15) is 4.79 Å². The minimum atomic E-state index is -0.131. The van der Waals surface area contributed by atoms with Crippen molar-refractivity contribution in [3.8, 4) is 11.1 Å². The average molecular weight is 413 g/mol. The first kappa shape index (κ1) is 19.1. The Morgan fingerprint density at radius 2 is 2.00 bits per heavy atom. The van der Waals surface area contributed by atoms with Gasteiger partial charge in [-0.3, -0.25) is 10.2 Å². The summed E-state index contributed by atoms with van der Waals surface area (Å²) in [7, 11) is 0. The van der Waals surface area contributed by atoms with Gasteiger partial charge in [-0.25, -0.2) is 9.66 Å². The molecule has 7 heteroatoms. The van der Waals surface area contributed by atoms with Gasteiger partial charge >= 0.3 is 0 Å². The van der Waals surface area contributed by atoms with Gasteiger partial charge < -0.3 is 5.32 Å². The standard InChI is InChI=1S/C21H24N4OS2/c1-13-8-6-7-11-16(13)23-21(27)24-25-12-22-19-18(20(25)26)17(14(2)28-19)15-9-4-3-5-10-15/h3-5,9-10,12-13,16H,6-8,11H2,1-2H3,(H2,23,24,27)/t13-,16-/m0/s1. The Kier molecular flexibility index (Phi) is 5.46. The molecular weight excluding hydrogens is 388 g/mol. The van der Waals surface area contributed by atoms with E-state index in [2.05, 4.69) is 22.7 Å². The minimum Gasteiger partial charge on any atom is -0.358 e. The number of fused-ring (bicyclic) bond motifs is 1. The Bertz CT molecular complexity index is 1060. The van der Waals surface area contributed by atoms with Crippen LogP contribution in [0.15, 0.2) is 41.5 Å². The minimum absolute atomic E-state index is 0.131. The van der Waals surface area contributed by atoms with Gasteiger partial charge in [0.1, 0.15) is 11.2 Å². The highest BCUT2D eigenvalue weighted by Crippen LogP contribution is 2.35. The van der Waals surface area contributed by atoms with E-state index in [4.69, 9.17) is 12.2 Å². The fourth-order valence-corrected chi connectivity index (χ4v) is 5.23. The molecule has 28 heavy (non-hydrogen) atoms. The zero-order valence-electron chi connectivity index (χ0n) is 16.1. The van der Waals surface area contributed by atoms with Gasteiger partial charge in [0.05, 0.1) is 5.39 Å². The summed E-state index contributed by atoms with van der Waals surface area (Å²) < 4.78 is 1.39. The normalized spacial score (nSPS) is 19.5. The van der Waals surface area contributed by atoms with Crippen molar-refractivity contribution in [2.75, 3.05) is 5.43 Å². The van der Waals surface area contributed by atoms with Crippen LogP contribution >= 0.6 is 23.6 Å². The first-order chi connectivity index (χ1) is 13.5. The quantitative estimate of drug-likeness (QED) is 0.623. The maximum Gasteiger partial charge on any atom is 0.281 e. The van der Waals surface area contributed by atoms with Crippen LogP contribution in [0.1, 0.15) is 37.5 Å². The highest BCUT2D eigenvalue weighted by molar-refractivity contribution is 7.80. The molecule has 2 aromatic heterocycles. The Hall–Kier alpha value is -2.25. The summed E-state index contributed by atoms with van der Waals surface area (Å²) in [6.07, 6.45) is 6.33. The maximum atomic E-state index is 13.2. The van der Waals surface area contributed by atoms with Gasteiger partial charge in [0, 0.05) is 16.5 Å². The van der Waals surface area contributed by atoms with Crippen LogP contribution < -0.4 is 16.3 Å². The number of thiophene rings is 1. The molecule has 5 nitrogen and oxygen atoms in total. The van der Waals surface area contributed by atoms with Gasteiger partial charge in [-0.1, -0.05) is 50.1 Å². The number of hydrogen-bond donors (Lipinski definition) is 2. The van der Waals surface area contributed by atoms with Gasteiger partial charge in [-0.15, -0.1) is 11.3 Å². The molecule has 0 aliphatic heterocycles. The number of nitrogens with one attached hydrogen (secondary N) is 2. The van der Waals surface area contributed by atoms with E-state index in [1.165, 1.54) is 30.3 Å². The lowest BCUT2D eigenvalue weighted by Gasteiger charge is -2.30. The molecule has 2 heterocycles. The van der Waals surface area contributed by atoms with Crippen molar-refractivity contribution in [3.63, 3.8) is 0 Å². The van der Waals surface area contributed by atoms with Gasteiger partial charge in [0.2, 0.25) is 0 Å². The molecular formula is C21H24N4OS2. The van der Waals surface area contributed by atoms with Crippen molar-refractivity contribution in [3.05, 3.63) is 51.9 Å². The molecule has 0 spiro atoms. The molecule has 0 radical (unpaired) electrons. The monoisotopic (exact) mass is 412 g/mol. The molecule has 1 aromatic carbocycles. The topological polar surface area (TPSA) is 59.0 Å². The number of benzene rings is 1. The molecule has 0 unspecified atom stereocenters. The summed E-state index contributed by atoms with van der Waals surface area (Å²) in [6.45, 7) is 4.28. The summed E-state index contributed by atoms with van der Waals surface area (Å²) in [6, 6.07) is 10.3. The highest BCUT2D eigenvalue weighted by atomic mass is 32.1. The Balaban J connectivity index is 1.64. The van der Waals surface area contributed by atoms with Gasteiger partial charge in [0.15, 0.2) is 5.11 Å². The first-order valence-corrected chi connectivity index (χ1v) is 10.9. The van der Waals surface area contributed by atoms with Crippen molar-refractivity contribution >= 4 is 38.9 Å². The van der Waals surface area contributed by atoms with Gasteiger partial charge in [0.25, 0.3) is 5.56 Å². The SMILES string of the molecule is Cc1sc2ncn(NC(=S)N[C@H]3CCCC[C@@H]3C)c(=O)c2c1-c1ccccc1. The Morgan fingerprint density at radius 3 is 2.75 bits per heavy atom. The van der Waals surface area contributed by atoms with Crippen molar-refractivity contribution in [2.45, 2.75) is 45.6 Å². The van der Waals surface area contributed by atoms with E-state index in [0.29, 0.717) is 22.5 Å². The average Bonchev–Trinajstić information content (AvgIpc) is 3.03. The molecule has 4 rings (SSSR count). The van der Waals surface area contributed by atoms with E-state index in [1.807, 2.05) is 37.3 Å². The Labute approximate surface area is 173 Å². The second kappa shape index (κ2) is 8.01. The van der Waals surface area contributed by atoms with Crippen LogP contribution in [0, 0.1) is 12.8 Å². The molecule has 0 bridgehead atoms. The third-order valence-electron chi connectivity index (χ3n) is 5.50. The van der Waals surface area contributed by atoms with Crippen LogP contribution in [0.2, 0.25) is 0 Å². The van der Waals surface area contributed by atoms with Crippen molar-refractivity contribution in [2.24, 2.45) is 5.92 Å². The van der Waals surface area contributed by atoms with Crippen LogP contribution in [0.5, 0.6) is 0 Å². The molecule has 2 atom stereocenters. The van der Waals surface area contributed by atoms with E-state index in [0.717, 1.165) is 27.3 Å². The fourth-order valence-electron chi connectivity index (χ4n) is 3.98. The number of aryl methyl sites for hydroxylation is 1. The lowest BCUT2D eigenvalue weighted by Crippen LogP contribution is -2.46. The molecule has 1 aliphatic carbocycles. The van der Waals surface area contributed by atoms with E-state index in [1.54, 1.807) is 11.3 Å². The lowest BCUT2D eigenvalue weighted by molar-refractivity contribution is 0.309. The van der Waals surface area contributed by atoms with E-state index < -0.39 is 0 Å². The third-order valence-corrected chi connectivity index (χ3v) is 6.72. The second-order valence-corrected chi connectivity index (χ2v) is 9.06. The molecule has 146 valence electrons. The summed E-state index contributed by atoms with van der Waals surface area (Å²) >= 11 is 7.02. The van der Waals surface area contributed by atoms with Crippen LogP contribution in [-0.2, 0) is 0 Å². The molecule has 0 amide bonds. The van der Waals surface area contributed by atoms with Crippen LogP contribution in [-0.4, -0.2) is 20.8 Å². The molecule has 1 saturated carbocycles. The first-order valence-electron chi connectivity index (χ1n) is 9.68. The zero-order valence-corrected chi connectivity index (χ0v) is 17.7. The van der Waals surface area contributed by atoms with Crippen LogP contribution in [0.3, 0.4) is 0 Å². The maximum absolute atomic E-state index is 13.2. The zero-order chi connectivity index (χ0) is 19.7. The summed E-state index contributed by atoms with van der Waals surface area (Å²) in [5.41, 5.74) is 4.87. The largest absolute Gasteiger partial charge is 0.358 e. The molecule has 1 fully saturated rings. The van der Waals surface area contributed by atoms with Crippen molar-refractivity contribution < 1.29 is 0 Å². The molecule has 0 saturated heterocycles. The highest BCUT2D eigenvalue weighted by Gasteiger charge is 2.22. The summed E-state index contributed by atoms with van der Waals surface area (Å²) in [5, 5.41) is 4.48. The number of nitrogens with zero attached hydrogens (tertiary/aromatic N) is 2. The summed E-state index contributed by atoms with van der Waals surface area (Å²) in [5.74, 6) is 0.579. The predicted molar refractivity (Wildman–Crippen MR) is 121 cm³/mol. The number of rotatable bonds is 3. The number of aromatic nitrogens is 2. The molecule has 3 aromatic rings. The third kappa shape index (κ3) is 3.69. The lowest BCUT2D eigenvalue weighted by atomic mass is 9.86. The van der Waals surface area contributed by atoms with Crippen LogP contribution in [0.25, 0.3) is 21.3 Å². The predicted octanol–water partition coefficient (Wildman–Crippen LogP) is 4.43. The van der Waals surface area contributed by atoms with E-state index in [-0.39, 0.29) is 5.56 Å². The van der Waals surface area contributed by atoms with Crippen LogP contribution in [0.4, 0.5) is 0 Å². The Morgan fingerprint density at radius 1 is 1.25 bits per heavy atom. The smallest absolute Gasteiger partial charge is 0.281 e. The van der Waals surface area contributed by atoms with Crippen molar-refractivity contribution in [1.29, 1.82) is 0 Å². The van der Waals surface area contributed by atoms with Gasteiger partial charge in [-0.2, -0.15) is 0 Å². The van der Waals surface area contributed by atoms with Crippen molar-refractivity contribution in [1.82, 2.24) is 15.0 Å². The second-order valence-electron chi connectivity index (χ2n) is 7.45. The summed E-state index contributed by atoms with van der Waals surface area (Å²) in [4.78, 5) is 19.5. The molecule has 1 aliphatic rings. The molecule has 2 N–H and O–H groups in total. The fraction of sp³-hybridized carbons (Fsp3) is 0.381. The number of hydrogen-bond acceptors (Lipinski definition) is 4. The number of thiocarbonyl (C=S) groups is 1. The van der Waals surface area contributed by atoms with E-state index >= 15 is 0 Å².